The van der Waals surface area contributed by atoms with Crippen molar-refractivity contribution in [2.75, 3.05) is 11.3 Å². The molecule has 0 bridgehead atoms. The molecular weight excluding hydrogens is 432 g/mol. The number of anilines is 1. The summed E-state index contributed by atoms with van der Waals surface area (Å²) in [5.41, 5.74) is 2.80. The number of imidazole rings is 1. The average molecular weight is 461 g/mol. The van der Waals surface area contributed by atoms with E-state index in [1.54, 1.807) is 12.5 Å². The number of nitrogens with one attached hydrogen (secondary N) is 2. The number of thiophene rings is 1. The molecule has 0 fully saturated rings. The van der Waals surface area contributed by atoms with Gasteiger partial charge < -0.3 is 9.88 Å². The molecule has 0 radical (unpaired) electrons. The number of sulfonamides is 1. The lowest BCUT2D eigenvalue weighted by molar-refractivity contribution is 0.258. The van der Waals surface area contributed by atoms with Crippen molar-refractivity contribution in [1.29, 1.82) is 0 Å². The number of hydrogen-bond acceptors (Lipinski definition) is 5. The van der Waals surface area contributed by atoms with Crippen LogP contribution in [0.5, 0.6) is 0 Å². The van der Waals surface area contributed by atoms with Gasteiger partial charge in [0.05, 0.1) is 6.33 Å². The number of unbranched alkanes of at least 4 members (excludes halogenated alkanes) is 1. The standard InChI is InChI=1S/C22H28N4O3S2/c1-3-5-11-24-22(27)31(28,29)25-21-20(14-19(30-21)6-4-2)18-9-7-17(8-10-18)15-26-13-12-23-16-26/h7-10,12-14,16,25H,3-6,11,15H2,1-2H3,(H,24,27). The van der Waals surface area contributed by atoms with Gasteiger partial charge in [-0.05, 0) is 30.0 Å². The van der Waals surface area contributed by atoms with Crippen LogP contribution in [0.3, 0.4) is 0 Å². The molecule has 0 saturated heterocycles. The smallest absolute Gasteiger partial charge is 0.341 e. The van der Waals surface area contributed by atoms with Crippen LogP contribution in [0, 0.1) is 0 Å². The van der Waals surface area contributed by atoms with Crippen molar-refractivity contribution in [3.05, 3.63) is 59.5 Å². The Hall–Kier alpha value is -2.65. The van der Waals surface area contributed by atoms with E-state index in [1.807, 2.05) is 48.0 Å². The molecule has 0 unspecified atom stereocenters. The number of carbonyl (C=O) groups excluding carboxylic acids is 1. The maximum atomic E-state index is 12.6. The summed E-state index contributed by atoms with van der Waals surface area (Å²) in [6.45, 7) is 5.11. The van der Waals surface area contributed by atoms with Gasteiger partial charge in [-0.1, -0.05) is 51.0 Å². The molecule has 0 atom stereocenters. The molecule has 2 N–H and O–H groups in total. The fourth-order valence-corrected chi connectivity index (χ4v) is 5.38. The first-order chi connectivity index (χ1) is 14.9. The SMILES string of the molecule is CCCCNC(=O)S(=O)(=O)Nc1sc(CCC)cc1-c1ccc(Cn2ccnc2)cc1. The molecule has 2 heterocycles. The van der Waals surface area contributed by atoms with Crippen molar-refractivity contribution in [2.24, 2.45) is 0 Å². The highest BCUT2D eigenvalue weighted by molar-refractivity contribution is 8.07. The van der Waals surface area contributed by atoms with Crippen molar-refractivity contribution < 1.29 is 13.2 Å². The molecule has 0 spiro atoms. The highest BCUT2D eigenvalue weighted by Gasteiger charge is 2.24. The lowest BCUT2D eigenvalue weighted by atomic mass is 10.1. The van der Waals surface area contributed by atoms with E-state index in [4.69, 9.17) is 0 Å². The molecule has 0 saturated carbocycles. The van der Waals surface area contributed by atoms with E-state index in [1.165, 1.54) is 11.3 Å². The lowest BCUT2D eigenvalue weighted by Crippen LogP contribution is -2.34. The van der Waals surface area contributed by atoms with Crippen LogP contribution < -0.4 is 10.0 Å². The third kappa shape index (κ3) is 6.18. The van der Waals surface area contributed by atoms with Crippen LogP contribution in [-0.2, 0) is 23.0 Å². The van der Waals surface area contributed by atoms with Gasteiger partial charge in [-0.3, -0.25) is 9.52 Å². The minimum absolute atomic E-state index is 0.340. The van der Waals surface area contributed by atoms with Crippen LogP contribution in [0.2, 0.25) is 0 Å². The summed E-state index contributed by atoms with van der Waals surface area (Å²) in [5.74, 6) is 0. The summed E-state index contributed by atoms with van der Waals surface area (Å²) in [6.07, 6.45) is 8.82. The van der Waals surface area contributed by atoms with Gasteiger partial charge in [0.2, 0.25) is 0 Å². The quantitative estimate of drug-likeness (QED) is 0.422. The number of hydrogen-bond donors (Lipinski definition) is 2. The Balaban J connectivity index is 1.82. The number of amides is 1. The average Bonchev–Trinajstić information content (AvgIpc) is 3.39. The van der Waals surface area contributed by atoms with Gasteiger partial charge >= 0.3 is 15.3 Å². The van der Waals surface area contributed by atoms with Crippen molar-refractivity contribution in [3.8, 4) is 11.1 Å². The molecule has 1 amide bonds. The maximum Gasteiger partial charge on any atom is 0.357 e. The normalized spacial score (nSPS) is 11.4. The van der Waals surface area contributed by atoms with Crippen LogP contribution in [0.4, 0.5) is 9.80 Å². The van der Waals surface area contributed by atoms with E-state index >= 15 is 0 Å². The molecule has 166 valence electrons. The third-order valence-corrected chi connectivity index (χ3v) is 7.08. The van der Waals surface area contributed by atoms with E-state index < -0.39 is 15.3 Å². The Bertz CT molecular complexity index is 1090. The Morgan fingerprint density at radius 3 is 2.58 bits per heavy atom. The minimum atomic E-state index is -4.17. The fraction of sp³-hybridized carbons (Fsp3) is 0.364. The van der Waals surface area contributed by atoms with Gasteiger partial charge in [-0.25, -0.2) is 4.98 Å². The Morgan fingerprint density at radius 1 is 1.16 bits per heavy atom. The number of rotatable bonds is 10. The molecular formula is C22H28N4O3S2. The van der Waals surface area contributed by atoms with Crippen molar-refractivity contribution in [2.45, 2.75) is 46.1 Å². The van der Waals surface area contributed by atoms with E-state index in [9.17, 15) is 13.2 Å². The Morgan fingerprint density at radius 2 is 1.94 bits per heavy atom. The van der Waals surface area contributed by atoms with Crippen LogP contribution in [0.25, 0.3) is 11.1 Å². The van der Waals surface area contributed by atoms with Crippen LogP contribution in [-0.4, -0.2) is 29.8 Å². The Labute approximate surface area is 187 Å². The summed E-state index contributed by atoms with van der Waals surface area (Å²) in [5, 5.41) is 1.95. The zero-order valence-electron chi connectivity index (χ0n) is 17.8. The molecule has 0 aliphatic heterocycles. The van der Waals surface area contributed by atoms with Crippen LogP contribution in [0.1, 0.15) is 43.6 Å². The summed E-state index contributed by atoms with van der Waals surface area (Å²) < 4.78 is 29.6. The van der Waals surface area contributed by atoms with Gasteiger partial charge in [0.25, 0.3) is 0 Å². The predicted octanol–water partition coefficient (Wildman–Crippen LogP) is 4.86. The van der Waals surface area contributed by atoms with E-state index in [0.29, 0.717) is 18.1 Å². The van der Waals surface area contributed by atoms with E-state index in [-0.39, 0.29) is 0 Å². The first-order valence-corrected chi connectivity index (χ1v) is 12.7. The Kier molecular flexibility index (Phi) is 7.86. The first kappa shape index (κ1) is 23.0. The van der Waals surface area contributed by atoms with Crippen molar-refractivity contribution >= 4 is 31.6 Å². The second-order valence-corrected chi connectivity index (χ2v) is 10.0. The molecule has 3 rings (SSSR count). The second-order valence-electron chi connectivity index (χ2n) is 7.31. The summed E-state index contributed by atoms with van der Waals surface area (Å²) >= 11 is 1.38. The third-order valence-electron chi connectivity index (χ3n) is 4.74. The van der Waals surface area contributed by atoms with E-state index in [2.05, 4.69) is 21.9 Å². The van der Waals surface area contributed by atoms with Gasteiger partial charge in [-0.2, -0.15) is 8.42 Å². The molecule has 3 aromatic rings. The molecule has 2 aromatic heterocycles. The van der Waals surface area contributed by atoms with Crippen LogP contribution >= 0.6 is 11.3 Å². The van der Waals surface area contributed by atoms with Gasteiger partial charge in [0, 0.05) is 35.9 Å². The van der Waals surface area contributed by atoms with Crippen molar-refractivity contribution in [1.82, 2.24) is 14.9 Å². The van der Waals surface area contributed by atoms with Gasteiger partial charge in [-0.15, -0.1) is 11.3 Å². The molecule has 1 aromatic carbocycles. The predicted molar refractivity (Wildman–Crippen MR) is 126 cm³/mol. The fourth-order valence-electron chi connectivity index (χ4n) is 3.11. The van der Waals surface area contributed by atoms with Gasteiger partial charge in [0.1, 0.15) is 5.00 Å². The minimum Gasteiger partial charge on any atom is -0.341 e. The largest absolute Gasteiger partial charge is 0.357 e. The lowest BCUT2D eigenvalue weighted by Gasteiger charge is -2.10. The number of carbonyl (C=O) groups is 1. The first-order valence-electron chi connectivity index (χ1n) is 10.4. The second kappa shape index (κ2) is 10.6. The maximum absolute atomic E-state index is 12.6. The zero-order valence-corrected chi connectivity index (χ0v) is 19.4. The highest BCUT2D eigenvalue weighted by Crippen LogP contribution is 2.37. The summed E-state index contributed by atoms with van der Waals surface area (Å²) in [6, 6.07) is 9.99. The highest BCUT2D eigenvalue weighted by atomic mass is 32.2. The van der Waals surface area contributed by atoms with Crippen molar-refractivity contribution in [3.63, 3.8) is 0 Å². The number of benzene rings is 1. The topological polar surface area (TPSA) is 93.1 Å². The number of aromatic nitrogens is 2. The monoisotopic (exact) mass is 460 g/mol. The zero-order chi connectivity index (χ0) is 22.3. The number of nitrogens with zero attached hydrogens (tertiary/aromatic N) is 2. The van der Waals surface area contributed by atoms with E-state index in [0.717, 1.165) is 47.3 Å². The summed E-state index contributed by atoms with van der Waals surface area (Å²) in [4.78, 5) is 17.3. The van der Waals surface area contributed by atoms with Gasteiger partial charge in [0.15, 0.2) is 0 Å². The molecule has 0 aliphatic rings. The molecule has 31 heavy (non-hydrogen) atoms. The summed E-state index contributed by atoms with van der Waals surface area (Å²) in [7, 11) is -4.17. The van der Waals surface area contributed by atoms with Crippen LogP contribution in [0.15, 0.2) is 49.1 Å². The number of aryl methyl sites for hydroxylation is 1. The molecule has 9 heteroatoms. The molecule has 7 nitrogen and oxygen atoms in total. The molecule has 0 aliphatic carbocycles.